The lowest BCUT2D eigenvalue weighted by Gasteiger charge is -2.37. The predicted octanol–water partition coefficient (Wildman–Crippen LogP) is -0.615. The molecule has 0 saturated carbocycles. The van der Waals surface area contributed by atoms with E-state index in [-0.39, 0.29) is 36.1 Å². The minimum Gasteiger partial charge on any atom is -0.376 e. The molecule has 2 atom stereocenters. The van der Waals surface area contributed by atoms with Crippen molar-refractivity contribution in [3.05, 3.63) is 0 Å². The molecule has 3 fully saturated rings. The molecule has 12 heteroatoms. The number of hydrogen-bond acceptors (Lipinski definition) is 7. The van der Waals surface area contributed by atoms with E-state index in [0.717, 1.165) is 12.8 Å². The van der Waals surface area contributed by atoms with Gasteiger partial charge in [0.25, 0.3) is 10.2 Å². The summed E-state index contributed by atoms with van der Waals surface area (Å²) in [5.74, 6) is 0.0357. The molecule has 0 bridgehead atoms. The molecule has 3 heterocycles. The Labute approximate surface area is 186 Å². The van der Waals surface area contributed by atoms with Crippen LogP contribution >= 0.6 is 0 Å². The Morgan fingerprint density at radius 3 is 2.29 bits per heavy atom. The smallest absolute Gasteiger partial charge is 0.282 e. The normalized spacial score (nSPS) is 27.7. The summed E-state index contributed by atoms with van der Waals surface area (Å²) in [6, 6.07) is -0.300. The zero-order chi connectivity index (χ0) is 22.6. The first-order valence-corrected chi connectivity index (χ1v) is 14.5. The van der Waals surface area contributed by atoms with Crippen molar-refractivity contribution < 1.29 is 26.4 Å². The van der Waals surface area contributed by atoms with Crippen LogP contribution in [0.2, 0.25) is 0 Å². The number of amides is 1. The molecule has 3 aliphatic heterocycles. The molecular formula is C19H36N4O6S2. The molecule has 1 amide bonds. The first-order valence-electron chi connectivity index (χ1n) is 11.3. The highest BCUT2D eigenvalue weighted by Gasteiger charge is 2.37. The van der Waals surface area contributed by atoms with Gasteiger partial charge in [-0.15, -0.1) is 0 Å². The third kappa shape index (κ3) is 6.17. The SMILES string of the molecule is CCN(CC)S(=O)(=O)N1CCN(CC(=O)N(CC2CCCO2)C2CCS(=O)(=O)C2)CC1. The summed E-state index contributed by atoms with van der Waals surface area (Å²) in [5, 5.41) is 0. The fourth-order valence-corrected chi connectivity index (χ4v) is 7.93. The first-order chi connectivity index (χ1) is 14.7. The molecule has 3 saturated heterocycles. The highest BCUT2D eigenvalue weighted by atomic mass is 32.2. The Balaban J connectivity index is 1.59. The molecular weight excluding hydrogens is 444 g/mol. The lowest BCUT2D eigenvalue weighted by Crippen LogP contribution is -2.55. The number of carbonyl (C=O) groups is 1. The van der Waals surface area contributed by atoms with E-state index in [4.69, 9.17) is 4.74 Å². The fourth-order valence-electron chi connectivity index (χ4n) is 4.60. The van der Waals surface area contributed by atoms with Crippen molar-refractivity contribution in [3.63, 3.8) is 0 Å². The van der Waals surface area contributed by atoms with Gasteiger partial charge in [0.15, 0.2) is 9.84 Å². The first kappa shape index (κ1) is 24.8. The van der Waals surface area contributed by atoms with Gasteiger partial charge in [-0.2, -0.15) is 17.0 Å². The average molecular weight is 481 g/mol. The molecule has 180 valence electrons. The van der Waals surface area contributed by atoms with Gasteiger partial charge in [0.2, 0.25) is 5.91 Å². The van der Waals surface area contributed by atoms with Gasteiger partial charge in [-0.3, -0.25) is 9.69 Å². The van der Waals surface area contributed by atoms with Crippen LogP contribution in [0, 0.1) is 0 Å². The third-order valence-corrected chi connectivity index (χ3v) is 10.4. The number of rotatable bonds is 9. The van der Waals surface area contributed by atoms with Crippen LogP contribution in [-0.4, -0.2) is 124 Å². The summed E-state index contributed by atoms with van der Waals surface area (Å²) in [4.78, 5) is 16.8. The van der Waals surface area contributed by atoms with E-state index < -0.39 is 20.0 Å². The van der Waals surface area contributed by atoms with Gasteiger partial charge >= 0.3 is 0 Å². The minimum atomic E-state index is -3.47. The highest BCUT2D eigenvalue weighted by Crippen LogP contribution is 2.22. The van der Waals surface area contributed by atoms with Crippen LogP contribution in [0.3, 0.4) is 0 Å². The van der Waals surface area contributed by atoms with Gasteiger partial charge in [-0.05, 0) is 19.3 Å². The Hall–Kier alpha value is -0.790. The lowest BCUT2D eigenvalue weighted by atomic mass is 10.1. The van der Waals surface area contributed by atoms with Crippen LogP contribution in [0.25, 0.3) is 0 Å². The maximum absolute atomic E-state index is 13.2. The van der Waals surface area contributed by atoms with Crippen LogP contribution in [0.15, 0.2) is 0 Å². The summed E-state index contributed by atoms with van der Waals surface area (Å²) in [6.07, 6.45) is 2.27. The molecule has 0 aliphatic carbocycles. The monoisotopic (exact) mass is 480 g/mol. The maximum Gasteiger partial charge on any atom is 0.282 e. The largest absolute Gasteiger partial charge is 0.376 e. The summed E-state index contributed by atoms with van der Waals surface area (Å²) >= 11 is 0. The molecule has 2 unspecified atom stereocenters. The molecule has 0 radical (unpaired) electrons. The summed E-state index contributed by atoms with van der Waals surface area (Å²) in [7, 11) is -6.58. The van der Waals surface area contributed by atoms with E-state index in [1.54, 1.807) is 4.90 Å². The molecule has 3 aliphatic rings. The molecule has 0 aromatic heterocycles. The molecule has 31 heavy (non-hydrogen) atoms. The van der Waals surface area contributed by atoms with Crippen molar-refractivity contribution in [2.45, 2.75) is 45.3 Å². The number of sulfone groups is 1. The Bertz CT molecular complexity index is 816. The second kappa shape index (κ2) is 10.4. The van der Waals surface area contributed by atoms with Crippen molar-refractivity contribution in [2.75, 3.05) is 70.5 Å². The molecule has 3 rings (SSSR count). The number of piperazine rings is 1. The molecule has 0 N–H and O–H groups in total. The summed E-state index contributed by atoms with van der Waals surface area (Å²) in [5.41, 5.74) is 0. The van der Waals surface area contributed by atoms with E-state index in [0.29, 0.717) is 58.8 Å². The Kier molecular flexibility index (Phi) is 8.36. The van der Waals surface area contributed by atoms with Crippen molar-refractivity contribution in [1.29, 1.82) is 0 Å². The van der Waals surface area contributed by atoms with Crippen LogP contribution in [0.4, 0.5) is 0 Å². The number of hydrogen-bond donors (Lipinski definition) is 0. The summed E-state index contributed by atoms with van der Waals surface area (Å²) in [6.45, 7) is 7.41. The average Bonchev–Trinajstić information content (AvgIpc) is 3.36. The second-order valence-electron chi connectivity index (χ2n) is 8.51. The topological polar surface area (TPSA) is 108 Å². The van der Waals surface area contributed by atoms with Crippen LogP contribution in [-0.2, 0) is 29.6 Å². The second-order valence-corrected chi connectivity index (χ2v) is 12.7. The van der Waals surface area contributed by atoms with Gasteiger partial charge in [-0.1, -0.05) is 13.8 Å². The highest BCUT2D eigenvalue weighted by molar-refractivity contribution is 7.91. The van der Waals surface area contributed by atoms with Crippen molar-refractivity contribution in [1.82, 2.24) is 18.4 Å². The van der Waals surface area contributed by atoms with Gasteiger partial charge in [-0.25, -0.2) is 8.42 Å². The standard InChI is InChI=1S/C19H36N4O6S2/c1-3-21(4-2)31(27,28)22-10-8-20(9-11-22)15-19(24)23(14-18-6-5-12-29-18)17-7-13-30(25,26)16-17/h17-18H,3-16H2,1-2H3. The third-order valence-electron chi connectivity index (χ3n) is 6.44. The zero-order valence-corrected chi connectivity index (χ0v) is 20.2. The van der Waals surface area contributed by atoms with Crippen molar-refractivity contribution >= 4 is 26.0 Å². The van der Waals surface area contributed by atoms with Gasteiger partial charge in [0.05, 0.1) is 24.2 Å². The van der Waals surface area contributed by atoms with E-state index in [9.17, 15) is 21.6 Å². The fraction of sp³-hybridized carbons (Fsp3) is 0.947. The van der Waals surface area contributed by atoms with E-state index >= 15 is 0 Å². The molecule has 0 aromatic carbocycles. The maximum atomic E-state index is 13.2. The number of ether oxygens (including phenoxy) is 1. The van der Waals surface area contributed by atoms with Crippen molar-refractivity contribution in [3.8, 4) is 0 Å². The number of nitrogens with zero attached hydrogens (tertiary/aromatic N) is 4. The van der Waals surface area contributed by atoms with E-state index in [1.807, 2.05) is 18.7 Å². The van der Waals surface area contributed by atoms with Gasteiger partial charge in [0, 0.05) is 58.5 Å². The minimum absolute atomic E-state index is 0.0152. The van der Waals surface area contributed by atoms with Gasteiger partial charge in [0.1, 0.15) is 0 Å². The van der Waals surface area contributed by atoms with Crippen LogP contribution in [0.5, 0.6) is 0 Å². The molecule has 0 aromatic rings. The Morgan fingerprint density at radius 1 is 1.10 bits per heavy atom. The number of carbonyl (C=O) groups excluding carboxylic acids is 1. The summed E-state index contributed by atoms with van der Waals surface area (Å²) < 4.78 is 58.0. The molecule has 10 nitrogen and oxygen atoms in total. The molecule has 0 spiro atoms. The Morgan fingerprint density at radius 2 is 1.77 bits per heavy atom. The van der Waals surface area contributed by atoms with Crippen LogP contribution in [0.1, 0.15) is 33.1 Å². The zero-order valence-electron chi connectivity index (χ0n) is 18.6. The quantitative estimate of drug-likeness (QED) is 0.433. The van der Waals surface area contributed by atoms with E-state index in [2.05, 4.69) is 0 Å². The predicted molar refractivity (Wildman–Crippen MR) is 118 cm³/mol. The van der Waals surface area contributed by atoms with Crippen LogP contribution < -0.4 is 0 Å². The van der Waals surface area contributed by atoms with E-state index in [1.165, 1.54) is 8.61 Å². The lowest BCUT2D eigenvalue weighted by molar-refractivity contribution is -0.136. The van der Waals surface area contributed by atoms with Crippen molar-refractivity contribution in [2.24, 2.45) is 0 Å². The van der Waals surface area contributed by atoms with Gasteiger partial charge < -0.3 is 9.64 Å².